The van der Waals surface area contributed by atoms with Gasteiger partial charge in [0.2, 0.25) is 0 Å². The highest BCUT2D eigenvalue weighted by Crippen LogP contribution is 2.38. The highest BCUT2D eigenvalue weighted by atomic mass is 16.5. The van der Waals surface area contributed by atoms with E-state index in [-0.39, 0.29) is 11.5 Å². The molecule has 0 aliphatic carbocycles. The number of carbonyl (C=O) groups is 1. The van der Waals surface area contributed by atoms with Gasteiger partial charge in [-0.25, -0.2) is 4.98 Å². The van der Waals surface area contributed by atoms with Crippen molar-refractivity contribution in [3.63, 3.8) is 0 Å². The fourth-order valence-electron chi connectivity index (χ4n) is 4.73. The van der Waals surface area contributed by atoms with Gasteiger partial charge in [0.05, 0.1) is 41.5 Å². The van der Waals surface area contributed by atoms with E-state index in [2.05, 4.69) is 0 Å². The van der Waals surface area contributed by atoms with Crippen molar-refractivity contribution in [3.05, 3.63) is 130 Å². The number of benzene rings is 4. The first-order chi connectivity index (χ1) is 18.1. The molecule has 37 heavy (non-hydrogen) atoms. The van der Waals surface area contributed by atoms with Crippen molar-refractivity contribution in [2.24, 2.45) is 0 Å². The first kappa shape index (κ1) is 22.5. The molecule has 180 valence electrons. The van der Waals surface area contributed by atoms with Crippen molar-refractivity contribution in [2.45, 2.75) is 6.54 Å². The van der Waals surface area contributed by atoms with Gasteiger partial charge in [-0.1, -0.05) is 60.7 Å². The quantitative estimate of drug-likeness (QED) is 0.309. The highest BCUT2D eigenvalue weighted by Gasteiger charge is 2.32. The van der Waals surface area contributed by atoms with Gasteiger partial charge >= 0.3 is 0 Å². The smallest absolute Gasteiger partial charge is 0.266 e. The Kier molecular flexibility index (Phi) is 5.62. The summed E-state index contributed by atoms with van der Waals surface area (Å²) in [7, 11) is 1.60. The summed E-state index contributed by atoms with van der Waals surface area (Å²) < 4.78 is 6.84. The molecule has 0 saturated carbocycles. The van der Waals surface area contributed by atoms with Crippen molar-refractivity contribution < 1.29 is 9.53 Å². The summed E-state index contributed by atoms with van der Waals surface area (Å²) in [5, 5.41) is 0.504. The molecule has 0 saturated heterocycles. The Morgan fingerprint density at radius 2 is 1.51 bits per heavy atom. The SMILES string of the molecule is COc1ccc(-n2c(/C=C3\C(=O)N(Cc4ccccc4)c4ccccc43)nc3ccccc3c2=O)cc1. The number of aromatic nitrogens is 2. The minimum atomic E-state index is -0.206. The Morgan fingerprint density at radius 1 is 0.811 bits per heavy atom. The Hall–Kier alpha value is -4.97. The molecule has 1 amide bonds. The lowest BCUT2D eigenvalue weighted by molar-refractivity contribution is -0.113. The topological polar surface area (TPSA) is 64.4 Å². The Balaban J connectivity index is 1.54. The van der Waals surface area contributed by atoms with Crippen LogP contribution in [0.15, 0.2) is 108 Å². The zero-order chi connectivity index (χ0) is 25.4. The number of rotatable bonds is 5. The lowest BCUT2D eigenvalue weighted by Crippen LogP contribution is -2.26. The Morgan fingerprint density at radius 3 is 2.30 bits per heavy atom. The fraction of sp³-hybridized carbons (Fsp3) is 0.0645. The molecule has 1 aromatic heterocycles. The maximum absolute atomic E-state index is 13.8. The molecule has 0 fully saturated rings. The third kappa shape index (κ3) is 3.98. The number of hydrogen-bond acceptors (Lipinski definition) is 4. The lowest BCUT2D eigenvalue weighted by Gasteiger charge is -2.17. The van der Waals surface area contributed by atoms with Gasteiger partial charge in [0.15, 0.2) is 0 Å². The molecule has 5 aromatic rings. The van der Waals surface area contributed by atoms with Crippen LogP contribution < -0.4 is 15.2 Å². The summed E-state index contributed by atoms with van der Waals surface area (Å²) in [6, 6.07) is 32.1. The molecule has 0 bridgehead atoms. The van der Waals surface area contributed by atoms with Crippen LogP contribution in [0.3, 0.4) is 0 Å². The molecule has 0 unspecified atom stereocenters. The molecule has 1 aliphatic heterocycles. The molecule has 0 spiro atoms. The second-order valence-corrected chi connectivity index (χ2v) is 8.78. The maximum atomic E-state index is 13.8. The average Bonchev–Trinajstić information content (AvgIpc) is 3.20. The second kappa shape index (κ2) is 9.24. The van der Waals surface area contributed by atoms with Crippen molar-refractivity contribution in [2.75, 3.05) is 12.0 Å². The van der Waals surface area contributed by atoms with Crippen LogP contribution in [0.1, 0.15) is 17.0 Å². The largest absolute Gasteiger partial charge is 0.497 e. The van der Waals surface area contributed by atoms with Crippen LogP contribution in [-0.4, -0.2) is 22.6 Å². The number of nitrogens with zero attached hydrogens (tertiary/aromatic N) is 3. The van der Waals surface area contributed by atoms with E-state index in [0.29, 0.717) is 40.3 Å². The van der Waals surface area contributed by atoms with E-state index in [1.165, 1.54) is 0 Å². The third-order valence-corrected chi connectivity index (χ3v) is 6.55. The molecule has 6 rings (SSSR count). The number of anilines is 1. The number of hydrogen-bond donors (Lipinski definition) is 0. The third-order valence-electron chi connectivity index (χ3n) is 6.55. The van der Waals surface area contributed by atoms with Gasteiger partial charge in [-0.2, -0.15) is 0 Å². The van der Waals surface area contributed by atoms with Crippen LogP contribution in [0.25, 0.3) is 28.2 Å². The van der Waals surface area contributed by atoms with E-state index >= 15 is 0 Å². The highest BCUT2D eigenvalue weighted by molar-refractivity contribution is 6.35. The number of carbonyl (C=O) groups excluding carboxylic acids is 1. The molecule has 0 radical (unpaired) electrons. The molecular formula is C31H23N3O3. The van der Waals surface area contributed by atoms with E-state index < -0.39 is 0 Å². The van der Waals surface area contributed by atoms with Crippen LogP contribution in [0, 0.1) is 0 Å². The first-order valence-electron chi connectivity index (χ1n) is 12.0. The van der Waals surface area contributed by atoms with Gasteiger partial charge in [0.1, 0.15) is 11.6 Å². The van der Waals surface area contributed by atoms with Crippen LogP contribution in [-0.2, 0) is 11.3 Å². The van der Waals surface area contributed by atoms with Crippen molar-refractivity contribution in [3.8, 4) is 11.4 Å². The molecular weight excluding hydrogens is 462 g/mol. The summed E-state index contributed by atoms with van der Waals surface area (Å²) >= 11 is 0. The summed E-state index contributed by atoms with van der Waals surface area (Å²) in [5.74, 6) is 0.934. The summed E-state index contributed by atoms with van der Waals surface area (Å²) in [4.78, 5) is 34.0. The van der Waals surface area contributed by atoms with Crippen molar-refractivity contribution >= 4 is 34.1 Å². The van der Waals surface area contributed by atoms with Gasteiger partial charge in [0.25, 0.3) is 11.5 Å². The van der Waals surface area contributed by atoms with Crippen LogP contribution in [0.5, 0.6) is 5.75 Å². The second-order valence-electron chi connectivity index (χ2n) is 8.78. The van der Waals surface area contributed by atoms with E-state index in [9.17, 15) is 9.59 Å². The van der Waals surface area contributed by atoms with E-state index in [4.69, 9.17) is 9.72 Å². The van der Waals surface area contributed by atoms with Gasteiger partial charge in [-0.05, 0) is 54.1 Å². The Bertz CT molecular complexity index is 1720. The molecule has 6 nitrogen and oxygen atoms in total. The van der Waals surface area contributed by atoms with Crippen LogP contribution in [0.2, 0.25) is 0 Å². The zero-order valence-electron chi connectivity index (χ0n) is 20.2. The molecule has 6 heteroatoms. The summed E-state index contributed by atoms with van der Waals surface area (Å²) in [5.41, 5.74) is 4.18. The number of methoxy groups -OCH3 is 1. The number of amides is 1. The molecule has 0 atom stereocenters. The van der Waals surface area contributed by atoms with E-state index in [0.717, 1.165) is 16.8 Å². The van der Waals surface area contributed by atoms with Crippen molar-refractivity contribution in [1.82, 2.24) is 9.55 Å². The molecule has 1 aliphatic rings. The number of fused-ring (bicyclic) bond motifs is 2. The van der Waals surface area contributed by atoms with E-state index in [1.54, 1.807) is 40.9 Å². The van der Waals surface area contributed by atoms with E-state index in [1.807, 2.05) is 84.9 Å². The first-order valence-corrected chi connectivity index (χ1v) is 12.0. The minimum absolute atomic E-state index is 0.131. The monoisotopic (exact) mass is 485 g/mol. The lowest BCUT2D eigenvalue weighted by atomic mass is 10.1. The summed E-state index contributed by atoms with van der Waals surface area (Å²) in [6.45, 7) is 0.449. The molecule has 0 N–H and O–H groups in total. The standard InChI is InChI=1S/C31H23N3O3/c1-37-23-17-15-22(16-18-23)34-29(32-27-13-7-5-12-25(27)31(34)36)19-26-24-11-6-8-14-28(24)33(30(26)35)20-21-9-3-2-4-10-21/h2-19H,20H2,1H3/b26-19-. The van der Waals surface area contributed by atoms with Gasteiger partial charge < -0.3 is 9.64 Å². The average molecular weight is 486 g/mol. The van der Waals surface area contributed by atoms with Gasteiger partial charge in [-0.15, -0.1) is 0 Å². The van der Waals surface area contributed by atoms with Crippen LogP contribution in [0.4, 0.5) is 5.69 Å². The zero-order valence-corrected chi connectivity index (χ0v) is 20.2. The Labute approximate surface area is 213 Å². The number of para-hydroxylation sites is 2. The number of ether oxygens (including phenoxy) is 1. The summed E-state index contributed by atoms with van der Waals surface area (Å²) in [6.07, 6.45) is 1.73. The minimum Gasteiger partial charge on any atom is -0.497 e. The van der Waals surface area contributed by atoms with Gasteiger partial charge in [-0.3, -0.25) is 14.2 Å². The van der Waals surface area contributed by atoms with Crippen LogP contribution >= 0.6 is 0 Å². The predicted octanol–water partition coefficient (Wildman–Crippen LogP) is 5.48. The molecule has 4 aromatic carbocycles. The fourth-order valence-corrected chi connectivity index (χ4v) is 4.73. The maximum Gasteiger partial charge on any atom is 0.266 e. The van der Waals surface area contributed by atoms with Gasteiger partial charge in [0, 0.05) is 5.56 Å². The van der Waals surface area contributed by atoms with Crippen molar-refractivity contribution in [1.29, 1.82) is 0 Å². The predicted molar refractivity (Wildman–Crippen MR) is 146 cm³/mol. The normalized spacial score (nSPS) is 13.8. The molecule has 2 heterocycles.